The van der Waals surface area contributed by atoms with E-state index in [4.69, 9.17) is 5.11 Å². The van der Waals surface area contributed by atoms with E-state index in [2.05, 4.69) is 10.3 Å². The summed E-state index contributed by atoms with van der Waals surface area (Å²) in [6, 6.07) is 7.65. The van der Waals surface area contributed by atoms with Crippen molar-refractivity contribution in [2.24, 2.45) is 7.05 Å². The second-order valence-electron chi connectivity index (χ2n) is 5.40. The highest BCUT2D eigenvalue weighted by atomic mass is 32.2. The van der Waals surface area contributed by atoms with Gasteiger partial charge in [0, 0.05) is 43.4 Å². The second-order valence-corrected chi connectivity index (χ2v) is 6.34. The predicted molar refractivity (Wildman–Crippen MR) is 92.5 cm³/mol. The van der Waals surface area contributed by atoms with Gasteiger partial charge in [-0.15, -0.1) is 0 Å². The summed E-state index contributed by atoms with van der Waals surface area (Å²) < 4.78 is 1.97. The molecule has 23 heavy (non-hydrogen) atoms. The van der Waals surface area contributed by atoms with Gasteiger partial charge in [0.2, 0.25) is 0 Å². The third-order valence-electron chi connectivity index (χ3n) is 3.64. The smallest absolute Gasteiger partial charge is 0.251 e. The molecule has 2 N–H and O–H groups in total. The fourth-order valence-corrected chi connectivity index (χ4v) is 3.12. The van der Waals surface area contributed by atoms with Gasteiger partial charge in [-0.3, -0.25) is 4.79 Å². The summed E-state index contributed by atoms with van der Waals surface area (Å²) in [7, 11) is 1.96. The second kappa shape index (κ2) is 8.74. The SMILES string of the molecule is CCC(CCO)NC(=O)c1cccc(CSc2nccn2C)c1. The molecule has 1 heterocycles. The number of aliphatic hydroxyl groups excluding tert-OH is 1. The van der Waals surface area contributed by atoms with Crippen LogP contribution >= 0.6 is 11.8 Å². The van der Waals surface area contributed by atoms with E-state index < -0.39 is 0 Å². The number of amides is 1. The monoisotopic (exact) mass is 333 g/mol. The van der Waals surface area contributed by atoms with Crippen molar-refractivity contribution in [2.75, 3.05) is 6.61 Å². The normalized spacial score (nSPS) is 12.1. The molecule has 0 aliphatic heterocycles. The number of thioether (sulfide) groups is 1. The van der Waals surface area contributed by atoms with Crippen molar-refractivity contribution in [1.82, 2.24) is 14.9 Å². The van der Waals surface area contributed by atoms with Gasteiger partial charge >= 0.3 is 0 Å². The van der Waals surface area contributed by atoms with Gasteiger partial charge in [-0.1, -0.05) is 30.8 Å². The molecule has 0 aliphatic carbocycles. The highest BCUT2D eigenvalue weighted by molar-refractivity contribution is 7.98. The molecule has 1 atom stereocenters. The van der Waals surface area contributed by atoms with Gasteiger partial charge < -0.3 is 15.0 Å². The van der Waals surface area contributed by atoms with E-state index in [1.807, 2.05) is 49.0 Å². The van der Waals surface area contributed by atoms with Gasteiger partial charge in [0.15, 0.2) is 5.16 Å². The van der Waals surface area contributed by atoms with E-state index >= 15 is 0 Å². The van der Waals surface area contributed by atoms with E-state index in [-0.39, 0.29) is 18.6 Å². The molecule has 6 heteroatoms. The summed E-state index contributed by atoms with van der Waals surface area (Å²) >= 11 is 1.64. The van der Waals surface area contributed by atoms with E-state index in [1.165, 1.54) is 0 Å². The summed E-state index contributed by atoms with van der Waals surface area (Å²) in [6.45, 7) is 2.08. The van der Waals surface area contributed by atoms with Crippen molar-refractivity contribution < 1.29 is 9.90 Å². The van der Waals surface area contributed by atoms with Crippen LogP contribution in [0.1, 0.15) is 35.7 Å². The average molecular weight is 333 g/mol. The van der Waals surface area contributed by atoms with Crippen LogP contribution in [0.15, 0.2) is 41.8 Å². The molecule has 1 unspecified atom stereocenters. The van der Waals surface area contributed by atoms with Gasteiger partial charge in [0.25, 0.3) is 5.91 Å². The summed E-state index contributed by atoms with van der Waals surface area (Å²) in [5.74, 6) is 0.675. The Hall–Kier alpha value is -1.79. The highest BCUT2D eigenvalue weighted by Gasteiger charge is 2.12. The number of rotatable bonds is 8. The first-order valence-electron chi connectivity index (χ1n) is 7.74. The molecule has 0 bridgehead atoms. The lowest BCUT2D eigenvalue weighted by Gasteiger charge is -2.16. The van der Waals surface area contributed by atoms with Crippen LogP contribution in [0, 0.1) is 0 Å². The Balaban J connectivity index is 1.98. The Kier molecular flexibility index (Phi) is 6.67. The number of aromatic nitrogens is 2. The zero-order chi connectivity index (χ0) is 16.7. The van der Waals surface area contributed by atoms with Gasteiger partial charge in [0.1, 0.15) is 0 Å². The zero-order valence-electron chi connectivity index (χ0n) is 13.5. The molecule has 124 valence electrons. The lowest BCUT2D eigenvalue weighted by atomic mass is 10.1. The third kappa shape index (κ3) is 5.11. The maximum absolute atomic E-state index is 12.3. The fourth-order valence-electron chi connectivity index (χ4n) is 2.24. The minimum Gasteiger partial charge on any atom is -0.396 e. The lowest BCUT2D eigenvalue weighted by Crippen LogP contribution is -2.35. The minimum absolute atomic E-state index is 0.0121. The van der Waals surface area contributed by atoms with Gasteiger partial charge in [0.05, 0.1) is 0 Å². The topological polar surface area (TPSA) is 67.2 Å². The molecule has 2 rings (SSSR count). The quantitative estimate of drug-likeness (QED) is 0.729. The largest absolute Gasteiger partial charge is 0.396 e. The lowest BCUT2D eigenvalue weighted by molar-refractivity contribution is 0.0929. The Labute approximate surface area is 141 Å². The van der Waals surface area contributed by atoms with E-state index in [1.54, 1.807) is 18.0 Å². The van der Waals surface area contributed by atoms with Crippen LogP contribution in [0.25, 0.3) is 0 Å². The van der Waals surface area contributed by atoms with Crippen molar-refractivity contribution in [3.63, 3.8) is 0 Å². The van der Waals surface area contributed by atoms with Gasteiger partial charge in [-0.25, -0.2) is 4.98 Å². The van der Waals surface area contributed by atoms with Crippen molar-refractivity contribution in [2.45, 2.75) is 36.7 Å². The summed E-state index contributed by atoms with van der Waals surface area (Å²) in [5, 5.41) is 12.9. The summed E-state index contributed by atoms with van der Waals surface area (Å²) in [6.07, 6.45) is 5.08. The standard InChI is InChI=1S/C17H23N3O2S/c1-3-15(7-10-21)19-16(22)14-6-4-5-13(11-14)12-23-17-18-8-9-20(17)2/h4-6,8-9,11,15,21H,3,7,10,12H2,1-2H3,(H,19,22). The molecule has 0 spiro atoms. The summed E-state index contributed by atoms with van der Waals surface area (Å²) in [4.78, 5) is 16.6. The van der Waals surface area contributed by atoms with Crippen LogP contribution in [0.4, 0.5) is 0 Å². The van der Waals surface area contributed by atoms with Crippen molar-refractivity contribution in [3.8, 4) is 0 Å². The van der Waals surface area contributed by atoms with E-state index in [0.717, 1.165) is 22.9 Å². The molecule has 0 saturated heterocycles. The molecule has 2 aromatic rings. The molecule has 0 fully saturated rings. The van der Waals surface area contributed by atoms with Crippen LogP contribution < -0.4 is 5.32 Å². The molecular weight excluding hydrogens is 310 g/mol. The van der Waals surface area contributed by atoms with Crippen LogP contribution in [0.3, 0.4) is 0 Å². The number of imidazole rings is 1. The number of nitrogens with one attached hydrogen (secondary N) is 1. The summed E-state index contributed by atoms with van der Waals surface area (Å²) in [5.41, 5.74) is 1.74. The number of aliphatic hydroxyl groups is 1. The molecule has 0 radical (unpaired) electrons. The first-order chi connectivity index (χ1) is 11.1. The third-order valence-corrected chi connectivity index (χ3v) is 4.77. The first kappa shape index (κ1) is 17.6. The Bertz CT molecular complexity index is 642. The fraction of sp³-hybridized carbons (Fsp3) is 0.412. The first-order valence-corrected chi connectivity index (χ1v) is 8.73. The molecule has 1 aromatic carbocycles. The Morgan fingerprint density at radius 3 is 2.96 bits per heavy atom. The number of hydrogen-bond acceptors (Lipinski definition) is 4. The number of aryl methyl sites for hydroxylation is 1. The highest BCUT2D eigenvalue weighted by Crippen LogP contribution is 2.21. The molecule has 0 saturated carbocycles. The number of hydrogen-bond donors (Lipinski definition) is 2. The van der Waals surface area contributed by atoms with Gasteiger partial charge in [-0.2, -0.15) is 0 Å². The average Bonchev–Trinajstić information content (AvgIpc) is 2.97. The van der Waals surface area contributed by atoms with Crippen LogP contribution in [-0.2, 0) is 12.8 Å². The number of benzene rings is 1. The molecule has 1 amide bonds. The van der Waals surface area contributed by atoms with Crippen LogP contribution in [0.5, 0.6) is 0 Å². The maximum Gasteiger partial charge on any atom is 0.251 e. The van der Waals surface area contributed by atoms with E-state index in [9.17, 15) is 4.79 Å². The van der Waals surface area contributed by atoms with Crippen LogP contribution in [-0.4, -0.2) is 33.2 Å². The number of carbonyl (C=O) groups excluding carboxylic acids is 1. The minimum atomic E-state index is -0.0888. The van der Waals surface area contributed by atoms with Crippen molar-refractivity contribution >= 4 is 17.7 Å². The zero-order valence-corrected chi connectivity index (χ0v) is 14.3. The molecular formula is C17H23N3O2S. The Morgan fingerprint density at radius 1 is 1.48 bits per heavy atom. The van der Waals surface area contributed by atoms with Crippen molar-refractivity contribution in [3.05, 3.63) is 47.8 Å². The predicted octanol–water partition coefficient (Wildman–Crippen LogP) is 2.60. The van der Waals surface area contributed by atoms with Gasteiger partial charge in [-0.05, 0) is 30.5 Å². The number of nitrogens with zero attached hydrogens (tertiary/aromatic N) is 2. The molecule has 0 aliphatic rings. The molecule has 1 aromatic heterocycles. The van der Waals surface area contributed by atoms with E-state index in [0.29, 0.717) is 12.0 Å². The molecule has 5 nitrogen and oxygen atoms in total. The maximum atomic E-state index is 12.3. The Morgan fingerprint density at radius 2 is 2.30 bits per heavy atom. The number of carbonyl (C=O) groups is 1. The van der Waals surface area contributed by atoms with Crippen LogP contribution in [0.2, 0.25) is 0 Å². The van der Waals surface area contributed by atoms with Crippen molar-refractivity contribution in [1.29, 1.82) is 0 Å².